The average molecular weight is 433 g/mol. The van der Waals surface area contributed by atoms with Crippen LogP contribution in [0.25, 0.3) is 10.9 Å². The second kappa shape index (κ2) is 7.99. The number of hydrogen-bond donors (Lipinski definition) is 3. The number of carbonyl (C=O) groups is 2. The van der Waals surface area contributed by atoms with Gasteiger partial charge < -0.3 is 15.7 Å². The molecule has 1 saturated heterocycles. The molecule has 1 aromatic carbocycles. The van der Waals surface area contributed by atoms with E-state index in [0.29, 0.717) is 10.9 Å². The second-order valence-corrected chi connectivity index (χ2v) is 7.21. The van der Waals surface area contributed by atoms with Crippen molar-refractivity contribution in [3.63, 3.8) is 0 Å². The van der Waals surface area contributed by atoms with E-state index in [4.69, 9.17) is 0 Å². The van der Waals surface area contributed by atoms with Crippen LogP contribution in [0.3, 0.4) is 0 Å². The van der Waals surface area contributed by atoms with E-state index in [1.54, 1.807) is 10.9 Å². The first-order chi connectivity index (χ1) is 14.7. The molecule has 8 nitrogen and oxygen atoms in total. The maximum Gasteiger partial charge on any atom is 0.433 e. The van der Waals surface area contributed by atoms with E-state index in [2.05, 4.69) is 20.7 Å². The zero-order valence-electron chi connectivity index (χ0n) is 16.1. The van der Waals surface area contributed by atoms with Gasteiger partial charge in [0.25, 0.3) is 5.91 Å². The zero-order chi connectivity index (χ0) is 22.2. The fraction of sp³-hybridized carbons (Fsp3) is 0.300. The summed E-state index contributed by atoms with van der Waals surface area (Å²) in [5.74, 6) is -2.25. The molecule has 31 heavy (non-hydrogen) atoms. The van der Waals surface area contributed by atoms with Crippen molar-refractivity contribution in [2.75, 3.05) is 18.4 Å². The number of aromatic carboxylic acids is 1. The molecular formula is C20H18F3N5O3. The van der Waals surface area contributed by atoms with Crippen molar-refractivity contribution in [3.8, 4) is 0 Å². The molecule has 3 N–H and O–H groups in total. The summed E-state index contributed by atoms with van der Waals surface area (Å²) in [7, 11) is 0. The molecule has 0 bridgehead atoms. The Morgan fingerprint density at radius 1 is 1.19 bits per heavy atom. The summed E-state index contributed by atoms with van der Waals surface area (Å²) in [4.78, 5) is 27.5. The van der Waals surface area contributed by atoms with Crippen LogP contribution < -0.4 is 10.6 Å². The Kier molecular flexibility index (Phi) is 5.36. The number of amides is 1. The van der Waals surface area contributed by atoms with Crippen LogP contribution in [0.15, 0.2) is 36.5 Å². The van der Waals surface area contributed by atoms with E-state index in [-0.39, 0.29) is 17.3 Å². The SMILES string of the molecule is O=C(Nc1cc2cn(C3CCNCC3)nc2cc1C(=O)O)c1cccc(C(F)(F)F)n1. The first kappa shape index (κ1) is 20.8. The number of fused-ring (bicyclic) bond motifs is 1. The number of nitrogens with one attached hydrogen (secondary N) is 2. The number of piperidine rings is 1. The van der Waals surface area contributed by atoms with Gasteiger partial charge in [-0.15, -0.1) is 0 Å². The number of carbonyl (C=O) groups excluding carboxylic acids is 1. The number of pyridine rings is 1. The largest absolute Gasteiger partial charge is 0.478 e. The summed E-state index contributed by atoms with van der Waals surface area (Å²) in [5, 5.41) is 20.3. The van der Waals surface area contributed by atoms with E-state index in [1.807, 2.05) is 0 Å². The van der Waals surface area contributed by atoms with Crippen LogP contribution in [0.2, 0.25) is 0 Å². The zero-order valence-corrected chi connectivity index (χ0v) is 16.1. The van der Waals surface area contributed by atoms with E-state index < -0.39 is 29.4 Å². The highest BCUT2D eigenvalue weighted by molar-refractivity contribution is 6.08. The van der Waals surface area contributed by atoms with Crippen LogP contribution in [0.5, 0.6) is 0 Å². The molecule has 0 radical (unpaired) electrons. The molecule has 0 saturated carbocycles. The van der Waals surface area contributed by atoms with Crippen LogP contribution in [0.1, 0.15) is 45.4 Å². The Balaban J connectivity index is 1.66. The standard InChI is InChI=1S/C20H18F3N5O3/c21-20(22,23)17-3-1-2-14(25-17)18(29)26-16-8-11-10-28(12-4-6-24-7-5-12)27-15(11)9-13(16)19(30)31/h1-3,8-10,12,24H,4-7H2,(H,26,29)(H,30,31). The predicted octanol–water partition coefficient (Wildman–Crippen LogP) is 3.33. The van der Waals surface area contributed by atoms with Crippen molar-refractivity contribution in [1.82, 2.24) is 20.1 Å². The summed E-state index contributed by atoms with van der Waals surface area (Å²) in [6, 6.07) is 5.91. The van der Waals surface area contributed by atoms with Gasteiger partial charge in [-0.1, -0.05) is 6.07 Å². The van der Waals surface area contributed by atoms with Crippen molar-refractivity contribution in [2.24, 2.45) is 0 Å². The van der Waals surface area contributed by atoms with E-state index >= 15 is 0 Å². The van der Waals surface area contributed by atoms with Gasteiger partial charge in [0.2, 0.25) is 0 Å². The Hall–Kier alpha value is -3.47. The maximum atomic E-state index is 12.9. The number of aromatic nitrogens is 3. The summed E-state index contributed by atoms with van der Waals surface area (Å²) in [5.41, 5.74) is -1.50. The van der Waals surface area contributed by atoms with E-state index in [0.717, 1.165) is 44.1 Å². The summed E-state index contributed by atoms with van der Waals surface area (Å²) in [6.07, 6.45) is -1.17. The lowest BCUT2D eigenvalue weighted by Gasteiger charge is -2.22. The maximum absolute atomic E-state index is 12.9. The number of anilines is 1. The Bertz CT molecular complexity index is 1150. The summed E-state index contributed by atoms with van der Waals surface area (Å²) >= 11 is 0. The van der Waals surface area contributed by atoms with Crippen molar-refractivity contribution < 1.29 is 27.9 Å². The van der Waals surface area contributed by atoms with Gasteiger partial charge in [-0.2, -0.15) is 18.3 Å². The number of hydrogen-bond acceptors (Lipinski definition) is 5. The average Bonchev–Trinajstić information content (AvgIpc) is 3.16. The van der Waals surface area contributed by atoms with Crippen LogP contribution in [-0.4, -0.2) is 44.8 Å². The van der Waals surface area contributed by atoms with Crippen LogP contribution in [0.4, 0.5) is 18.9 Å². The highest BCUT2D eigenvalue weighted by Crippen LogP contribution is 2.29. The Labute approximate surface area is 174 Å². The number of alkyl halides is 3. The van der Waals surface area contributed by atoms with E-state index in [1.165, 1.54) is 12.1 Å². The molecule has 0 spiro atoms. The van der Waals surface area contributed by atoms with Crippen molar-refractivity contribution >= 4 is 28.5 Å². The lowest BCUT2D eigenvalue weighted by Crippen LogP contribution is -2.29. The van der Waals surface area contributed by atoms with Crippen LogP contribution in [0, 0.1) is 0 Å². The molecule has 2 aromatic heterocycles. The first-order valence-electron chi connectivity index (χ1n) is 9.55. The number of nitrogens with zero attached hydrogens (tertiary/aromatic N) is 3. The lowest BCUT2D eigenvalue weighted by molar-refractivity contribution is -0.141. The fourth-order valence-corrected chi connectivity index (χ4v) is 3.53. The molecule has 0 atom stereocenters. The molecule has 3 aromatic rings. The minimum absolute atomic E-state index is 0.0472. The van der Waals surface area contributed by atoms with Gasteiger partial charge in [0.05, 0.1) is 22.8 Å². The summed E-state index contributed by atoms with van der Waals surface area (Å²) < 4.78 is 40.4. The van der Waals surface area contributed by atoms with Crippen molar-refractivity contribution in [3.05, 3.63) is 53.5 Å². The Morgan fingerprint density at radius 2 is 1.94 bits per heavy atom. The molecule has 3 heterocycles. The molecule has 0 unspecified atom stereocenters. The molecule has 1 aliphatic heterocycles. The van der Waals surface area contributed by atoms with Gasteiger partial charge in [0, 0.05) is 11.6 Å². The monoisotopic (exact) mass is 433 g/mol. The molecule has 1 aliphatic rings. The summed E-state index contributed by atoms with van der Waals surface area (Å²) in [6.45, 7) is 1.71. The third-order valence-corrected chi connectivity index (χ3v) is 5.09. The molecule has 1 fully saturated rings. The fourth-order valence-electron chi connectivity index (χ4n) is 3.53. The van der Waals surface area contributed by atoms with Crippen LogP contribution in [-0.2, 0) is 6.18 Å². The topological polar surface area (TPSA) is 109 Å². The highest BCUT2D eigenvalue weighted by atomic mass is 19.4. The number of halogens is 3. The third kappa shape index (κ3) is 4.36. The van der Waals surface area contributed by atoms with Gasteiger partial charge in [-0.25, -0.2) is 9.78 Å². The number of carboxylic acid groups (broad SMARTS) is 1. The van der Waals surface area contributed by atoms with Gasteiger partial charge in [-0.05, 0) is 50.2 Å². The Morgan fingerprint density at radius 3 is 2.61 bits per heavy atom. The van der Waals surface area contributed by atoms with Crippen molar-refractivity contribution in [1.29, 1.82) is 0 Å². The predicted molar refractivity (Wildman–Crippen MR) is 105 cm³/mol. The molecule has 1 amide bonds. The van der Waals surface area contributed by atoms with Gasteiger partial charge >= 0.3 is 12.1 Å². The normalized spacial score (nSPS) is 15.2. The van der Waals surface area contributed by atoms with Gasteiger partial charge in [0.15, 0.2) is 0 Å². The minimum atomic E-state index is -4.70. The quantitative estimate of drug-likeness (QED) is 0.583. The molecule has 11 heteroatoms. The van der Waals surface area contributed by atoms with E-state index in [9.17, 15) is 27.9 Å². The molecule has 4 rings (SSSR count). The van der Waals surface area contributed by atoms with Crippen molar-refractivity contribution in [2.45, 2.75) is 25.1 Å². The molecule has 162 valence electrons. The van der Waals surface area contributed by atoms with Gasteiger partial charge in [0.1, 0.15) is 11.4 Å². The lowest BCUT2D eigenvalue weighted by atomic mass is 10.1. The smallest absolute Gasteiger partial charge is 0.433 e. The third-order valence-electron chi connectivity index (χ3n) is 5.09. The molecular weight excluding hydrogens is 415 g/mol. The second-order valence-electron chi connectivity index (χ2n) is 7.21. The molecule has 0 aliphatic carbocycles. The minimum Gasteiger partial charge on any atom is -0.478 e. The number of rotatable bonds is 4. The van der Waals surface area contributed by atoms with Gasteiger partial charge in [-0.3, -0.25) is 9.48 Å². The highest BCUT2D eigenvalue weighted by Gasteiger charge is 2.33. The van der Waals surface area contributed by atoms with Crippen LogP contribution >= 0.6 is 0 Å². The number of benzene rings is 1. The number of carboxylic acids is 1. The first-order valence-corrected chi connectivity index (χ1v) is 9.55.